The summed E-state index contributed by atoms with van der Waals surface area (Å²) in [6.07, 6.45) is 0. The zero-order valence-corrected chi connectivity index (χ0v) is 15.4. The summed E-state index contributed by atoms with van der Waals surface area (Å²) in [4.78, 5) is 16.2. The number of hydrogen-bond donors (Lipinski definition) is 2. The molecular formula is C19H21N3O3S. The van der Waals surface area contributed by atoms with Gasteiger partial charge >= 0.3 is 6.03 Å². The number of carbonyl (C=O) groups excluding carboxylic acids is 1. The predicted octanol–water partition coefficient (Wildman–Crippen LogP) is 2.07. The molecule has 1 heterocycles. The van der Waals surface area contributed by atoms with E-state index in [1.807, 2.05) is 37.3 Å². The molecule has 0 aromatic heterocycles. The summed E-state index contributed by atoms with van der Waals surface area (Å²) in [5.41, 5.74) is 7.41. The molecule has 0 spiro atoms. The van der Waals surface area contributed by atoms with Gasteiger partial charge in [-0.1, -0.05) is 48.0 Å². The van der Waals surface area contributed by atoms with Crippen LogP contribution in [-0.4, -0.2) is 37.5 Å². The van der Waals surface area contributed by atoms with Crippen LogP contribution in [0, 0.1) is 6.92 Å². The quantitative estimate of drug-likeness (QED) is 0.860. The number of nitrogens with zero attached hydrogens (tertiary/aromatic N) is 1. The Balaban J connectivity index is 2.12. The summed E-state index contributed by atoms with van der Waals surface area (Å²) < 4.78 is 26.8. The van der Waals surface area contributed by atoms with Gasteiger partial charge in [0.1, 0.15) is 5.25 Å². The third kappa shape index (κ3) is 3.35. The molecule has 3 rings (SSSR count). The standard InChI is InChI=1S/C19H21N3O3S/c1-12-8-10-15(11-9-12)26(24,25)18-16(22-19(20)23)13(2)21-17(18)14-6-4-3-5-7-14/h3-11,13,16,18H,1-2H3,(H3,20,22,23). The van der Waals surface area contributed by atoms with Crippen molar-refractivity contribution in [3.05, 3.63) is 65.7 Å². The van der Waals surface area contributed by atoms with Gasteiger partial charge in [0.2, 0.25) is 0 Å². The molecule has 1 aliphatic rings. The lowest BCUT2D eigenvalue weighted by molar-refractivity contribution is 0.244. The maximum atomic E-state index is 13.4. The van der Waals surface area contributed by atoms with Gasteiger partial charge in [-0.25, -0.2) is 13.2 Å². The van der Waals surface area contributed by atoms with Gasteiger partial charge < -0.3 is 11.1 Å². The van der Waals surface area contributed by atoms with E-state index < -0.39 is 33.2 Å². The van der Waals surface area contributed by atoms with E-state index in [0.717, 1.165) is 5.56 Å². The van der Waals surface area contributed by atoms with Crippen LogP contribution in [0.15, 0.2) is 64.5 Å². The second kappa shape index (κ2) is 6.92. The van der Waals surface area contributed by atoms with Crippen LogP contribution >= 0.6 is 0 Å². The van der Waals surface area contributed by atoms with E-state index in [1.54, 1.807) is 31.2 Å². The highest BCUT2D eigenvalue weighted by molar-refractivity contribution is 7.93. The highest BCUT2D eigenvalue weighted by atomic mass is 32.2. The first kappa shape index (κ1) is 18.1. The number of nitrogens with two attached hydrogens (primary N) is 1. The second-order valence-electron chi connectivity index (χ2n) is 6.43. The normalized spacial score (nSPS) is 22.7. The molecule has 26 heavy (non-hydrogen) atoms. The molecule has 6 nitrogen and oxygen atoms in total. The Hall–Kier alpha value is -2.67. The van der Waals surface area contributed by atoms with E-state index in [0.29, 0.717) is 11.3 Å². The van der Waals surface area contributed by atoms with Crippen LogP contribution in [0.3, 0.4) is 0 Å². The molecule has 136 valence electrons. The fourth-order valence-electron chi connectivity index (χ4n) is 3.22. The number of hydrogen-bond acceptors (Lipinski definition) is 4. The number of aliphatic imine (C=N–C) groups is 1. The first-order chi connectivity index (χ1) is 12.3. The van der Waals surface area contributed by atoms with Gasteiger partial charge in [-0.15, -0.1) is 0 Å². The van der Waals surface area contributed by atoms with E-state index in [-0.39, 0.29) is 4.90 Å². The van der Waals surface area contributed by atoms with Crippen molar-refractivity contribution in [3.8, 4) is 0 Å². The Morgan fingerprint density at radius 3 is 2.27 bits per heavy atom. The fraction of sp³-hybridized carbons (Fsp3) is 0.263. The van der Waals surface area contributed by atoms with Crippen LogP contribution in [0.5, 0.6) is 0 Å². The minimum atomic E-state index is -3.78. The van der Waals surface area contributed by atoms with Crippen LogP contribution in [0.4, 0.5) is 4.79 Å². The molecule has 1 aliphatic heterocycles. The molecule has 0 fully saturated rings. The van der Waals surface area contributed by atoms with E-state index in [2.05, 4.69) is 10.3 Å². The number of benzene rings is 2. The Bertz CT molecular complexity index is 938. The summed E-state index contributed by atoms with van der Waals surface area (Å²) in [6.45, 7) is 3.66. The molecule has 2 aromatic carbocycles. The smallest absolute Gasteiger partial charge is 0.312 e. The monoisotopic (exact) mass is 371 g/mol. The van der Waals surface area contributed by atoms with E-state index in [4.69, 9.17) is 5.73 Å². The van der Waals surface area contributed by atoms with Crippen molar-refractivity contribution in [1.82, 2.24) is 5.32 Å². The minimum absolute atomic E-state index is 0.196. The zero-order valence-electron chi connectivity index (χ0n) is 14.6. The minimum Gasteiger partial charge on any atom is -0.352 e. The molecule has 7 heteroatoms. The molecule has 3 unspecified atom stereocenters. The van der Waals surface area contributed by atoms with Gasteiger partial charge in [0.05, 0.1) is 22.7 Å². The van der Waals surface area contributed by atoms with Crippen molar-refractivity contribution in [2.45, 2.75) is 36.1 Å². The number of primary amides is 1. The predicted molar refractivity (Wildman–Crippen MR) is 101 cm³/mol. The highest BCUT2D eigenvalue weighted by Gasteiger charge is 2.46. The van der Waals surface area contributed by atoms with Crippen LogP contribution < -0.4 is 11.1 Å². The van der Waals surface area contributed by atoms with Crippen molar-refractivity contribution >= 4 is 21.6 Å². The van der Waals surface area contributed by atoms with Crippen LogP contribution in [-0.2, 0) is 9.84 Å². The fourth-order valence-corrected chi connectivity index (χ4v) is 5.20. The molecule has 3 atom stereocenters. The van der Waals surface area contributed by atoms with Gasteiger partial charge in [-0.2, -0.15) is 0 Å². The number of rotatable bonds is 4. The lowest BCUT2D eigenvalue weighted by Crippen LogP contribution is -2.52. The third-order valence-corrected chi connectivity index (χ3v) is 6.63. The van der Waals surface area contributed by atoms with Gasteiger partial charge in [0.25, 0.3) is 0 Å². The molecule has 2 aromatic rings. The molecule has 2 amide bonds. The molecular weight excluding hydrogens is 350 g/mol. The summed E-state index contributed by atoms with van der Waals surface area (Å²) >= 11 is 0. The van der Waals surface area contributed by atoms with Gasteiger partial charge in [0, 0.05) is 0 Å². The largest absolute Gasteiger partial charge is 0.352 e. The number of aryl methyl sites for hydroxylation is 1. The maximum Gasteiger partial charge on any atom is 0.312 e. The zero-order chi connectivity index (χ0) is 18.9. The summed E-state index contributed by atoms with van der Waals surface area (Å²) in [5.74, 6) is 0. The Labute approximate surface area is 153 Å². The summed E-state index contributed by atoms with van der Waals surface area (Å²) in [5, 5.41) is 1.57. The number of amides is 2. The lowest BCUT2D eigenvalue weighted by atomic mass is 10.0. The van der Waals surface area contributed by atoms with E-state index in [9.17, 15) is 13.2 Å². The van der Waals surface area contributed by atoms with E-state index in [1.165, 1.54) is 0 Å². The molecule has 0 radical (unpaired) electrons. The van der Waals surface area contributed by atoms with Crippen molar-refractivity contribution in [2.75, 3.05) is 0 Å². The SMILES string of the molecule is Cc1ccc(S(=O)(=O)C2C(c3ccccc3)=NC(C)C2NC(N)=O)cc1. The first-order valence-electron chi connectivity index (χ1n) is 8.30. The van der Waals surface area contributed by atoms with Crippen molar-refractivity contribution in [2.24, 2.45) is 10.7 Å². The summed E-state index contributed by atoms with van der Waals surface area (Å²) in [6, 6.07) is 13.9. The molecule has 0 aliphatic carbocycles. The Kier molecular flexibility index (Phi) is 4.82. The van der Waals surface area contributed by atoms with Crippen LogP contribution in [0.2, 0.25) is 0 Å². The number of carbonyl (C=O) groups is 1. The first-order valence-corrected chi connectivity index (χ1v) is 9.85. The molecule has 3 N–H and O–H groups in total. The van der Waals surface area contributed by atoms with Crippen molar-refractivity contribution in [1.29, 1.82) is 0 Å². The van der Waals surface area contributed by atoms with Crippen LogP contribution in [0.1, 0.15) is 18.1 Å². The Morgan fingerprint density at radius 1 is 1.08 bits per heavy atom. The molecule has 0 saturated heterocycles. The summed E-state index contributed by atoms with van der Waals surface area (Å²) in [7, 11) is -3.78. The van der Waals surface area contributed by atoms with Gasteiger partial charge in [0.15, 0.2) is 9.84 Å². The van der Waals surface area contributed by atoms with Crippen molar-refractivity contribution < 1.29 is 13.2 Å². The number of urea groups is 1. The highest BCUT2D eigenvalue weighted by Crippen LogP contribution is 2.30. The average Bonchev–Trinajstić information content (AvgIpc) is 2.93. The maximum absolute atomic E-state index is 13.4. The van der Waals surface area contributed by atoms with Gasteiger partial charge in [-0.05, 0) is 31.5 Å². The average molecular weight is 371 g/mol. The second-order valence-corrected chi connectivity index (χ2v) is 8.50. The van der Waals surface area contributed by atoms with Crippen LogP contribution in [0.25, 0.3) is 0 Å². The Morgan fingerprint density at radius 2 is 1.69 bits per heavy atom. The topological polar surface area (TPSA) is 102 Å². The van der Waals surface area contributed by atoms with E-state index >= 15 is 0 Å². The van der Waals surface area contributed by atoms with Gasteiger partial charge in [-0.3, -0.25) is 4.99 Å². The molecule has 0 bridgehead atoms. The third-order valence-electron chi connectivity index (χ3n) is 4.52. The van der Waals surface area contributed by atoms with Crippen molar-refractivity contribution in [3.63, 3.8) is 0 Å². The number of sulfone groups is 1. The molecule has 0 saturated carbocycles. The number of nitrogens with one attached hydrogen (secondary N) is 1. The lowest BCUT2D eigenvalue weighted by Gasteiger charge is -2.24.